The number of amides is 1. The van der Waals surface area contributed by atoms with E-state index in [1.54, 1.807) is 12.4 Å². The van der Waals surface area contributed by atoms with E-state index < -0.39 is 0 Å². The van der Waals surface area contributed by atoms with Crippen molar-refractivity contribution in [3.05, 3.63) is 48.3 Å². The van der Waals surface area contributed by atoms with E-state index in [1.807, 2.05) is 12.1 Å². The monoisotopic (exact) mass is 350 g/mol. The largest absolute Gasteiger partial charge is 0.487 e. The zero-order valence-corrected chi connectivity index (χ0v) is 15.3. The summed E-state index contributed by atoms with van der Waals surface area (Å²) in [4.78, 5) is 16.8. The van der Waals surface area contributed by atoms with Crippen molar-refractivity contribution in [3.8, 4) is 16.9 Å². The fraction of sp³-hybridized carbons (Fsp3) is 0.455. The van der Waals surface area contributed by atoms with E-state index in [0.717, 1.165) is 49.0 Å². The summed E-state index contributed by atoms with van der Waals surface area (Å²) < 4.78 is 6.23. The first-order chi connectivity index (χ1) is 12.7. The zero-order valence-electron chi connectivity index (χ0n) is 15.3. The summed E-state index contributed by atoms with van der Waals surface area (Å²) in [6, 6.07) is 10.3. The third kappa shape index (κ3) is 3.33. The lowest BCUT2D eigenvalue weighted by Gasteiger charge is -2.32. The van der Waals surface area contributed by atoms with Crippen LogP contribution < -0.4 is 10.1 Å². The lowest BCUT2D eigenvalue weighted by atomic mass is 9.75. The molecule has 2 heterocycles. The van der Waals surface area contributed by atoms with Gasteiger partial charge in [-0.3, -0.25) is 9.78 Å². The van der Waals surface area contributed by atoms with E-state index in [0.29, 0.717) is 6.54 Å². The maximum Gasteiger partial charge on any atom is 0.226 e. The summed E-state index contributed by atoms with van der Waals surface area (Å²) in [5, 5.41) is 3.15. The van der Waals surface area contributed by atoms with Crippen molar-refractivity contribution in [2.75, 3.05) is 6.54 Å². The molecule has 1 amide bonds. The zero-order chi connectivity index (χ0) is 18.0. The molecule has 136 valence electrons. The normalized spacial score (nSPS) is 20.9. The highest BCUT2D eigenvalue weighted by Crippen LogP contribution is 2.39. The number of hydrogen-bond acceptors (Lipinski definition) is 3. The number of carbonyl (C=O) groups excluding carboxylic acids is 1. The number of aromatic nitrogens is 1. The summed E-state index contributed by atoms with van der Waals surface area (Å²) in [6.07, 6.45) is 10.00. The van der Waals surface area contributed by atoms with Gasteiger partial charge in [0.15, 0.2) is 0 Å². The smallest absolute Gasteiger partial charge is 0.226 e. The van der Waals surface area contributed by atoms with Crippen LogP contribution in [0.1, 0.15) is 44.6 Å². The summed E-state index contributed by atoms with van der Waals surface area (Å²) in [5.41, 5.74) is 3.21. The fourth-order valence-electron chi connectivity index (χ4n) is 4.19. The van der Waals surface area contributed by atoms with Crippen molar-refractivity contribution < 1.29 is 9.53 Å². The van der Waals surface area contributed by atoms with Gasteiger partial charge in [0.1, 0.15) is 11.9 Å². The van der Waals surface area contributed by atoms with Crippen LogP contribution in [0, 0.1) is 5.41 Å². The van der Waals surface area contributed by atoms with Crippen LogP contribution in [-0.2, 0) is 11.2 Å². The molecule has 1 aromatic heterocycles. The van der Waals surface area contributed by atoms with Crippen molar-refractivity contribution in [2.24, 2.45) is 5.41 Å². The molecule has 0 spiro atoms. The first-order valence-electron chi connectivity index (χ1n) is 9.63. The van der Waals surface area contributed by atoms with Gasteiger partial charge in [-0.2, -0.15) is 0 Å². The minimum atomic E-state index is -0.202. The highest BCUT2D eigenvalue weighted by Gasteiger charge is 2.35. The second-order valence-electron chi connectivity index (χ2n) is 7.81. The molecule has 4 heteroatoms. The Bertz CT molecular complexity index is 782. The Kier molecular flexibility index (Phi) is 4.66. The van der Waals surface area contributed by atoms with Crippen molar-refractivity contribution in [1.82, 2.24) is 10.3 Å². The fourth-order valence-corrected chi connectivity index (χ4v) is 4.19. The van der Waals surface area contributed by atoms with E-state index in [-0.39, 0.29) is 17.4 Å². The lowest BCUT2D eigenvalue weighted by molar-refractivity contribution is -0.132. The van der Waals surface area contributed by atoms with Crippen molar-refractivity contribution in [2.45, 2.75) is 51.6 Å². The molecule has 1 aliphatic carbocycles. The molecule has 1 aromatic carbocycles. The van der Waals surface area contributed by atoms with E-state index in [9.17, 15) is 4.79 Å². The van der Waals surface area contributed by atoms with Crippen LogP contribution in [0.2, 0.25) is 0 Å². The van der Waals surface area contributed by atoms with Gasteiger partial charge < -0.3 is 10.1 Å². The molecule has 1 aliphatic heterocycles. The maximum atomic E-state index is 12.7. The van der Waals surface area contributed by atoms with Crippen LogP contribution in [0.3, 0.4) is 0 Å². The predicted octanol–water partition coefficient (Wildman–Crippen LogP) is 4.14. The summed E-state index contributed by atoms with van der Waals surface area (Å²) >= 11 is 0. The average molecular weight is 350 g/mol. The third-order valence-electron chi connectivity index (χ3n) is 5.82. The first kappa shape index (κ1) is 17.1. The number of carbonyl (C=O) groups is 1. The van der Waals surface area contributed by atoms with Gasteiger partial charge in [-0.25, -0.2) is 0 Å². The number of nitrogens with zero attached hydrogens (tertiary/aromatic N) is 1. The second kappa shape index (κ2) is 7.10. The van der Waals surface area contributed by atoms with Crippen LogP contribution in [-0.4, -0.2) is 23.5 Å². The number of hydrogen-bond donors (Lipinski definition) is 1. The van der Waals surface area contributed by atoms with Crippen molar-refractivity contribution >= 4 is 5.91 Å². The lowest BCUT2D eigenvalue weighted by Crippen LogP contribution is -2.44. The number of nitrogens with one attached hydrogen (secondary N) is 1. The number of fused-ring (bicyclic) bond motifs is 1. The number of pyridine rings is 1. The Morgan fingerprint density at radius 1 is 1.19 bits per heavy atom. The van der Waals surface area contributed by atoms with Gasteiger partial charge in [0.25, 0.3) is 0 Å². The molecule has 0 radical (unpaired) electrons. The SMILES string of the molecule is CC1(C(=O)NCC2Cc3cccc(-c4ccncc4)c3O2)CCCCC1. The molecule has 0 saturated heterocycles. The van der Waals surface area contributed by atoms with Crippen molar-refractivity contribution in [3.63, 3.8) is 0 Å². The first-order valence-corrected chi connectivity index (χ1v) is 9.63. The van der Waals surface area contributed by atoms with Gasteiger partial charge in [-0.05, 0) is 36.1 Å². The van der Waals surface area contributed by atoms with Crippen LogP contribution in [0.5, 0.6) is 5.75 Å². The Morgan fingerprint density at radius 3 is 2.73 bits per heavy atom. The van der Waals surface area contributed by atoms with Gasteiger partial charge in [0, 0.05) is 29.8 Å². The Morgan fingerprint density at radius 2 is 1.96 bits per heavy atom. The molecular formula is C22H26N2O2. The average Bonchev–Trinajstić information content (AvgIpc) is 3.10. The third-order valence-corrected chi connectivity index (χ3v) is 5.82. The molecule has 26 heavy (non-hydrogen) atoms. The Labute approximate surface area is 155 Å². The molecule has 1 saturated carbocycles. The predicted molar refractivity (Wildman–Crippen MR) is 102 cm³/mol. The van der Waals surface area contributed by atoms with E-state index in [2.05, 4.69) is 35.4 Å². The quantitative estimate of drug-likeness (QED) is 0.902. The second-order valence-corrected chi connectivity index (χ2v) is 7.81. The molecule has 1 N–H and O–H groups in total. The van der Waals surface area contributed by atoms with Gasteiger partial charge >= 0.3 is 0 Å². The van der Waals surface area contributed by atoms with E-state index >= 15 is 0 Å². The van der Waals surface area contributed by atoms with Crippen LogP contribution in [0.25, 0.3) is 11.1 Å². The van der Waals surface area contributed by atoms with Gasteiger partial charge in [-0.15, -0.1) is 0 Å². The van der Waals surface area contributed by atoms with E-state index in [4.69, 9.17) is 4.74 Å². The van der Waals surface area contributed by atoms with Crippen molar-refractivity contribution in [1.29, 1.82) is 0 Å². The number of ether oxygens (including phenoxy) is 1. The molecule has 1 unspecified atom stereocenters. The van der Waals surface area contributed by atoms with Gasteiger partial charge in [-0.1, -0.05) is 44.4 Å². The minimum Gasteiger partial charge on any atom is -0.487 e. The summed E-state index contributed by atoms with van der Waals surface area (Å²) in [5.74, 6) is 1.13. The Balaban J connectivity index is 1.42. The van der Waals surface area contributed by atoms with Gasteiger partial charge in [0.2, 0.25) is 5.91 Å². The molecule has 0 bridgehead atoms. The molecule has 1 atom stereocenters. The number of benzene rings is 1. The molecular weight excluding hydrogens is 324 g/mol. The number of para-hydroxylation sites is 1. The minimum absolute atomic E-state index is 0.00382. The molecule has 2 aliphatic rings. The molecule has 2 aromatic rings. The molecule has 1 fully saturated rings. The highest BCUT2D eigenvalue weighted by atomic mass is 16.5. The van der Waals surface area contributed by atoms with Crippen LogP contribution in [0.4, 0.5) is 0 Å². The maximum absolute atomic E-state index is 12.7. The Hall–Kier alpha value is -2.36. The van der Waals surface area contributed by atoms with Crippen LogP contribution in [0.15, 0.2) is 42.7 Å². The standard InChI is InChI=1S/C22H26N2O2/c1-22(10-3-2-4-11-22)21(25)24-15-18-14-17-6-5-7-19(20(17)26-18)16-8-12-23-13-9-16/h5-9,12-13,18H,2-4,10-11,14-15H2,1H3,(H,24,25). The summed E-state index contributed by atoms with van der Waals surface area (Å²) in [7, 11) is 0. The van der Waals surface area contributed by atoms with E-state index in [1.165, 1.54) is 12.0 Å². The topological polar surface area (TPSA) is 51.2 Å². The van der Waals surface area contributed by atoms with Crippen LogP contribution >= 0.6 is 0 Å². The molecule has 4 rings (SSSR count). The molecule has 4 nitrogen and oxygen atoms in total. The highest BCUT2D eigenvalue weighted by molar-refractivity contribution is 5.82. The van der Waals surface area contributed by atoms with Gasteiger partial charge in [0.05, 0.1) is 6.54 Å². The summed E-state index contributed by atoms with van der Waals surface area (Å²) in [6.45, 7) is 2.67. The number of rotatable bonds is 4.